The number of rotatable bonds is 4. The van der Waals surface area contributed by atoms with Crippen LogP contribution < -0.4 is 5.32 Å². The molecule has 1 amide bonds. The number of nitrogens with zero attached hydrogens (tertiary/aromatic N) is 1. The van der Waals surface area contributed by atoms with Crippen molar-refractivity contribution in [1.29, 1.82) is 0 Å². The van der Waals surface area contributed by atoms with Crippen LogP contribution in [0.3, 0.4) is 0 Å². The predicted molar refractivity (Wildman–Crippen MR) is 83.1 cm³/mol. The van der Waals surface area contributed by atoms with Gasteiger partial charge in [-0.2, -0.15) is 0 Å². The van der Waals surface area contributed by atoms with Crippen molar-refractivity contribution in [2.45, 2.75) is 44.1 Å². The summed E-state index contributed by atoms with van der Waals surface area (Å²) >= 11 is 5.73. The molecule has 1 saturated carbocycles. The molecule has 2 N–H and O–H groups in total. The lowest BCUT2D eigenvalue weighted by Crippen LogP contribution is -2.42. The van der Waals surface area contributed by atoms with Gasteiger partial charge in [0, 0.05) is 17.6 Å². The number of hydrogen-bond acceptors (Lipinski definition) is 4. The Kier molecular flexibility index (Phi) is 5.37. The quantitative estimate of drug-likeness (QED) is 0.505. The molecule has 6 nitrogen and oxygen atoms in total. The third kappa shape index (κ3) is 4.18. The van der Waals surface area contributed by atoms with Crippen LogP contribution in [0, 0.1) is 10.1 Å². The number of amides is 1. The molecule has 0 atom stereocenters. The third-order valence-corrected chi connectivity index (χ3v) is 4.25. The van der Waals surface area contributed by atoms with E-state index in [9.17, 15) is 20.0 Å². The molecule has 1 aliphatic rings. The van der Waals surface area contributed by atoms with Crippen molar-refractivity contribution in [3.63, 3.8) is 0 Å². The van der Waals surface area contributed by atoms with Crippen molar-refractivity contribution >= 4 is 23.2 Å². The highest BCUT2D eigenvalue weighted by Gasteiger charge is 2.29. The van der Waals surface area contributed by atoms with Crippen LogP contribution in [0.4, 0.5) is 5.69 Å². The molecule has 0 bridgehead atoms. The Bertz CT molecular complexity index is 569. The molecule has 0 saturated heterocycles. The zero-order valence-corrected chi connectivity index (χ0v) is 12.9. The lowest BCUT2D eigenvalue weighted by Gasteiger charge is -2.26. The van der Waals surface area contributed by atoms with E-state index in [0.29, 0.717) is 12.8 Å². The van der Waals surface area contributed by atoms with E-state index < -0.39 is 16.4 Å². The van der Waals surface area contributed by atoms with Gasteiger partial charge in [0.1, 0.15) is 5.56 Å². The number of aliphatic hydroxyl groups is 1. The number of carbonyl (C=O) groups excluding carboxylic acids is 1. The van der Waals surface area contributed by atoms with Crippen LogP contribution in [0.2, 0.25) is 5.02 Å². The highest BCUT2D eigenvalue weighted by molar-refractivity contribution is 6.31. The Hall–Kier alpha value is -1.66. The Morgan fingerprint density at radius 2 is 1.95 bits per heavy atom. The van der Waals surface area contributed by atoms with E-state index in [4.69, 9.17) is 11.6 Å². The average Bonchev–Trinajstić information content (AvgIpc) is 2.70. The van der Waals surface area contributed by atoms with Gasteiger partial charge in [-0.3, -0.25) is 14.9 Å². The van der Waals surface area contributed by atoms with E-state index >= 15 is 0 Å². The minimum Gasteiger partial charge on any atom is -0.388 e. The molecule has 0 aliphatic heterocycles. The molecular formula is C15H19ClN2O4. The first-order valence-corrected chi connectivity index (χ1v) is 7.74. The summed E-state index contributed by atoms with van der Waals surface area (Å²) in [5.74, 6) is -0.568. The maximum absolute atomic E-state index is 12.2. The lowest BCUT2D eigenvalue weighted by atomic mass is 9.94. The summed E-state index contributed by atoms with van der Waals surface area (Å²) < 4.78 is 0. The summed E-state index contributed by atoms with van der Waals surface area (Å²) in [5, 5.41) is 24.3. The van der Waals surface area contributed by atoms with E-state index in [1.54, 1.807) is 0 Å². The number of nitro groups is 1. The molecule has 0 unspecified atom stereocenters. The van der Waals surface area contributed by atoms with Crippen LogP contribution in [0.5, 0.6) is 0 Å². The molecule has 0 spiro atoms. The molecule has 1 fully saturated rings. The first-order valence-electron chi connectivity index (χ1n) is 7.36. The largest absolute Gasteiger partial charge is 0.388 e. The van der Waals surface area contributed by atoms with Gasteiger partial charge in [0.2, 0.25) is 0 Å². The van der Waals surface area contributed by atoms with Gasteiger partial charge in [-0.15, -0.1) is 0 Å². The van der Waals surface area contributed by atoms with Gasteiger partial charge in [0.05, 0.1) is 10.5 Å². The summed E-state index contributed by atoms with van der Waals surface area (Å²) in [6.45, 7) is 0.103. The van der Waals surface area contributed by atoms with E-state index in [2.05, 4.69) is 5.32 Å². The molecule has 0 heterocycles. The standard InChI is InChI=1S/C15H19ClN2O4/c16-11-5-6-12(13(9-11)18(21)22)14(19)17-10-15(20)7-3-1-2-4-8-15/h5-6,9,20H,1-4,7-8,10H2,(H,17,19). The maximum Gasteiger partial charge on any atom is 0.283 e. The molecule has 7 heteroatoms. The molecule has 0 radical (unpaired) electrons. The minimum absolute atomic E-state index is 0.0494. The first kappa shape index (κ1) is 16.7. The average molecular weight is 327 g/mol. The summed E-state index contributed by atoms with van der Waals surface area (Å²) in [4.78, 5) is 22.6. The van der Waals surface area contributed by atoms with E-state index in [-0.39, 0.29) is 22.8 Å². The molecule has 1 aromatic carbocycles. The van der Waals surface area contributed by atoms with Crippen LogP contribution in [0.15, 0.2) is 18.2 Å². The van der Waals surface area contributed by atoms with Crippen LogP contribution >= 0.6 is 11.6 Å². The maximum atomic E-state index is 12.2. The number of carbonyl (C=O) groups is 1. The predicted octanol–water partition coefficient (Wildman–Crippen LogP) is 3.06. The van der Waals surface area contributed by atoms with Crippen LogP contribution in [-0.2, 0) is 0 Å². The van der Waals surface area contributed by atoms with Gasteiger partial charge in [-0.1, -0.05) is 37.3 Å². The number of hydrogen-bond donors (Lipinski definition) is 2. The molecule has 120 valence electrons. The summed E-state index contributed by atoms with van der Waals surface area (Å²) in [5.41, 5.74) is -1.31. The fourth-order valence-electron chi connectivity index (χ4n) is 2.75. The van der Waals surface area contributed by atoms with Crippen LogP contribution in [-0.4, -0.2) is 28.1 Å². The number of benzene rings is 1. The Balaban J connectivity index is 2.07. The van der Waals surface area contributed by atoms with Gasteiger partial charge in [-0.25, -0.2) is 0 Å². The summed E-state index contributed by atoms with van der Waals surface area (Å²) in [6, 6.07) is 3.91. The number of halogens is 1. The van der Waals surface area contributed by atoms with Crippen LogP contribution in [0.25, 0.3) is 0 Å². The molecule has 2 rings (SSSR count). The van der Waals surface area contributed by atoms with Gasteiger partial charge in [0.15, 0.2) is 0 Å². The monoisotopic (exact) mass is 326 g/mol. The van der Waals surface area contributed by atoms with Crippen LogP contribution in [0.1, 0.15) is 48.9 Å². The Morgan fingerprint density at radius 1 is 1.32 bits per heavy atom. The van der Waals surface area contributed by atoms with Crippen molar-refractivity contribution in [2.75, 3.05) is 6.54 Å². The van der Waals surface area contributed by atoms with Crippen molar-refractivity contribution in [3.05, 3.63) is 38.9 Å². The second kappa shape index (κ2) is 7.07. The highest BCUT2D eigenvalue weighted by atomic mass is 35.5. The zero-order valence-electron chi connectivity index (χ0n) is 12.2. The number of nitrogens with one attached hydrogen (secondary N) is 1. The van der Waals surface area contributed by atoms with Gasteiger partial charge < -0.3 is 10.4 Å². The molecule has 1 aliphatic carbocycles. The Morgan fingerprint density at radius 3 is 2.55 bits per heavy atom. The molecular weight excluding hydrogens is 308 g/mol. The van der Waals surface area contributed by atoms with Gasteiger partial charge in [0.25, 0.3) is 11.6 Å². The Labute approximate surface area is 133 Å². The smallest absolute Gasteiger partial charge is 0.283 e. The minimum atomic E-state index is -0.923. The van der Waals surface area contributed by atoms with E-state index in [0.717, 1.165) is 31.7 Å². The lowest BCUT2D eigenvalue weighted by molar-refractivity contribution is -0.385. The zero-order chi connectivity index (χ0) is 16.2. The van der Waals surface area contributed by atoms with E-state index in [1.807, 2.05) is 0 Å². The second-order valence-corrected chi connectivity index (χ2v) is 6.18. The van der Waals surface area contributed by atoms with E-state index in [1.165, 1.54) is 12.1 Å². The van der Waals surface area contributed by atoms with Crippen molar-refractivity contribution < 1.29 is 14.8 Å². The highest BCUT2D eigenvalue weighted by Crippen LogP contribution is 2.27. The second-order valence-electron chi connectivity index (χ2n) is 5.74. The molecule has 22 heavy (non-hydrogen) atoms. The van der Waals surface area contributed by atoms with Gasteiger partial charge in [-0.05, 0) is 25.0 Å². The fourth-order valence-corrected chi connectivity index (χ4v) is 2.92. The summed E-state index contributed by atoms with van der Waals surface area (Å²) in [7, 11) is 0. The normalized spacial score (nSPS) is 17.5. The van der Waals surface area contributed by atoms with Gasteiger partial charge >= 0.3 is 0 Å². The first-order chi connectivity index (χ1) is 10.4. The third-order valence-electron chi connectivity index (χ3n) is 4.01. The van der Waals surface area contributed by atoms with Crippen molar-refractivity contribution in [1.82, 2.24) is 5.32 Å². The van der Waals surface area contributed by atoms with Crippen molar-refractivity contribution in [2.24, 2.45) is 0 Å². The molecule has 0 aromatic heterocycles. The van der Waals surface area contributed by atoms with Crippen molar-refractivity contribution in [3.8, 4) is 0 Å². The fraction of sp³-hybridized carbons (Fsp3) is 0.533. The SMILES string of the molecule is O=C(NCC1(O)CCCCCC1)c1ccc(Cl)cc1[N+](=O)[O-]. The number of nitro benzene ring substituents is 1. The topological polar surface area (TPSA) is 92.5 Å². The summed E-state index contributed by atoms with van der Waals surface area (Å²) in [6.07, 6.45) is 5.28. The molecule has 1 aromatic rings.